The molecular formula is C16H19F2N3O2. The van der Waals surface area contributed by atoms with Crippen molar-refractivity contribution in [2.75, 3.05) is 5.32 Å². The average molecular weight is 323 g/mol. The van der Waals surface area contributed by atoms with Crippen molar-refractivity contribution in [1.29, 1.82) is 0 Å². The molecule has 1 aromatic carbocycles. The Hall–Kier alpha value is -2.44. The molecule has 0 bridgehead atoms. The summed E-state index contributed by atoms with van der Waals surface area (Å²) in [5, 5.41) is 7.01. The van der Waals surface area contributed by atoms with Gasteiger partial charge in [-0.05, 0) is 31.0 Å². The number of nitrogens with one attached hydrogen (secondary N) is 1. The second-order valence-electron chi connectivity index (χ2n) is 5.17. The molecule has 0 fully saturated rings. The number of hydrogen-bond donors (Lipinski definition) is 1. The number of aromatic nitrogens is 2. The van der Waals surface area contributed by atoms with Crippen LogP contribution in [0.15, 0.2) is 36.5 Å². The summed E-state index contributed by atoms with van der Waals surface area (Å²) in [6.45, 7) is 1.20. The van der Waals surface area contributed by atoms with Gasteiger partial charge in [0.2, 0.25) is 5.91 Å². The van der Waals surface area contributed by atoms with E-state index in [1.54, 1.807) is 29.1 Å². The minimum absolute atomic E-state index is 0.0685. The first-order valence-corrected chi connectivity index (χ1v) is 7.36. The van der Waals surface area contributed by atoms with Crippen LogP contribution in [0.4, 0.5) is 14.6 Å². The third-order valence-electron chi connectivity index (χ3n) is 3.46. The maximum absolute atomic E-state index is 12.1. The molecule has 1 N–H and O–H groups in total. The minimum atomic E-state index is -2.86. The van der Waals surface area contributed by atoms with Gasteiger partial charge in [0.05, 0.1) is 18.7 Å². The molecule has 1 heterocycles. The summed E-state index contributed by atoms with van der Waals surface area (Å²) < 4.78 is 30.2. The van der Waals surface area contributed by atoms with Crippen LogP contribution in [0.3, 0.4) is 0 Å². The largest absolute Gasteiger partial charge is 0.435 e. The van der Waals surface area contributed by atoms with E-state index in [0.717, 1.165) is 6.42 Å². The van der Waals surface area contributed by atoms with Crippen LogP contribution < -0.4 is 10.1 Å². The lowest BCUT2D eigenvalue weighted by molar-refractivity contribution is -0.115. The number of carbonyl (C=O) groups is 1. The van der Waals surface area contributed by atoms with Crippen LogP contribution in [0.5, 0.6) is 5.75 Å². The van der Waals surface area contributed by atoms with Crippen molar-refractivity contribution in [2.24, 2.45) is 0 Å². The zero-order chi connectivity index (χ0) is 16.8. The van der Waals surface area contributed by atoms with Crippen LogP contribution in [-0.2, 0) is 11.2 Å². The molecule has 0 spiro atoms. The maximum atomic E-state index is 12.1. The lowest BCUT2D eigenvalue weighted by atomic mass is 10.1. The number of rotatable bonds is 7. The van der Waals surface area contributed by atoms with Gasteiger partial charge in [0.15, 0.2) is 0 Å². The Balaban J connectivity index is 1.96. The molecule has 1 aromatic heterocycles. The van der Waals surface area contributed by atoms with Crippen molar-refractivity contribution < 1.29 is 18.3 Å². The van der Waals surface area contributed by atoms with E-state index in [1.165, 1.54) is 12.1 Å². The standard InChI is InChI=1S/C16H19F2N3O2/c1-3-11(2)21-14(8-9-19-21)20-15(22)10-12-4-6-13(7-5-12)23-16(17)18/h4-9,11,16H,3,10H2,1-2H3,(H,20,22). The second-order valence-corrected chi connectivity index (χ2v) is 5.17. The fourth-order valence-electron chi connectivity index (χ4n) is 2.10. The van der Waals surface area contributed by atoms with E-state index in [0.29, 0.717) is 11.4 Å². The topological polar surface area (TPSA) is 56.2 Å². The third-order valence-corrected chi connectivity index (χ3v) is 3.46. The molecule has 23 heavy (non-hydrogen) atoms. The van der Waals surface area contributed by atoms with Gasteiger partial charge in [0, 0.05) is 6.07 Å². The zero-order valence-electron chi connectivity index (χ0n) is 13.0. The van der Waals surface area contributed by atoms with Crippen molar-refractivity contribution in [3.8, 4) is 5.75 Å². The first-order valence-electron chi connectivity index (χ1n) is 7.36. The number of amides is 1. The minimum Gasteiger partial charge on any atom is -0.435 e. The molecular weight excluding hydrogens is 304 g/mol. The van der Waals surface area contributed by atoms with E-state index in [4.69, 9.17) is 0 Å². The van der Waals surface area contributed by atoms with Crippen molar-refractivity contribution >= 4 is 11.7 Å². The highest BCUT2D eigenvalue weighted by Crippen LogP contribution is 2.18. The van der Waals surface area contributed by atoms with Gasteiger partial charge in [-0.1, -0.05) is 19.1 Å². The van der Waals surface area contributed by atoms with E-state index in [9.17, 15) is 13.6 Å². The molecule has 1 atom stereocenters. The van der Waals surface area contributed by atoms with Crippen molar-refractivity contribution in [3.63, 3.8) is 0 Å². The van der Waals surface area contributed by atoms with Gasteiger partial charge in [-0.3, -0.25) is 4.79 Å². The number of carbonyl (C=O) groups excluding carboxylic acids is 1. The lowest BCUT2D eigenvalue weighted by Gasteiger charge is -2.14. The third kappa shape index (κ3) is 4.77. The van der Waals surface area contributed by atoms with Gasteiger partial charge in [-0.25, -0.2) is 4.68 Å². The number of halogens is 2. The highest BCUT2D eigenvalue weighted by molar-refractivity contribution is 5.91. The van der Waals surface area contributed by atoms with E-state index >= 15 is 0 Å². The first-order chi connectivity index (χ1) is 11.0. The van der Waals surface area contributed by atoms with Gasteiger partial charge in [-0.2, -0.15) is 13.9 Å². The molecule has 2 rings (SSSR count). The van der Waals surface area contributed by atoms with Gasteiger partial charge < -0.3 is 10.1 Å². The van der Waals surface area contributed by atoms with Crippen LogP contribution in [0.25, 0.3) is 0 Å². The van der Waals surface area contributed by atoms with Crippen molar-refractivity contribution in [3.05, 3.63) is 42.1 Å². The van der Waals surface area contributed by atoms with E-state index < -0.39 is 6.61 Å². The summed E-state index contributed by atoms with van der Waals surface area (Å²) in [6.07, 6.45) is 2.68. The van der Waals surface area contributed by atoms with Crippen LogP contribution in [0.2, 0.25) is 0 Å². The fraction of sp³-hybridized carbons (Fsp3) is 0.375. The summed E-state index contributed by atoms with van der Waals surface area (Å²) in [5.41, 5.74) is 0.707. The summed E-state index contributed by atoms with van der Waals surface area (Å²) in [5.74, 6) is 0.513. The number of ether oxygens (including phenoxy) is 1. The molecule has 0 aliphatic carbocycles. The van der Waals surface area contributed by atoms with Gasteiger partial charge in [0.25, 0.3) is 0 Å². The van der Waals surface area contributed by atoms with E-state index in [1.807, 2.05) is 13.8 Å². The van der Waals surface area contributed by atoms with Crippen LogP contribution in [0.1, 0.15) is 31.9 Å². The molecule has 5 nitrogen and oxygen atoms in total. The molecule has 124 valence electrons. The van der Waals surface area contributed by atoms with Crippen LogP contribution in [-0.4, -0.2) is 22.3 Å². The smallest absolute Gasteiger partial charge is 0.387 e. The molecule has 0 aliphatic heterocycles. The lowest BCUT2D eigenvalue weighted by Crippen LogP contribution is -2.19. The Morgan fingerprint density at radius 1 is 1.30 bits per heavy atom. The van der Waals surface area contributed by atoms with E-state index in [-0.39, 0.29) is 24.1 Å². The van der Waals surface area contributed by atoms with Crippen LogP contribution >= 0.6 is 0 Å². The molecule has 2 aromatic rings. The molecule has 7 heteroatoms. The normalized spacial score (nSPS) is 12.2. The summed E-state index contributed by atoms with van der Waals surface area (Å²) >= 11 is 0. The molecule has 0 saturated carbocycles. The Labute approximate surface area is 133 Å². The molecule has 0 aliphatic rings. The summed E-state index contributed by atoms with van der Waals surface area (Å²) in [7, 11) is 0. The number of benzene rings is 1. The number of anilines is 1. The molecule has 1 unspecified atom stereocenters. The van der Waals surface area contributed by atoms with Gasteiger partial charge in [-0.15, -0.1) is 0 Å². The Bertz CT molecular complexity index is 641. The first kappa shape index (κ1) is 16.9. The molecule has 1 amide bonds. The second kappa shape index (κ2) is 7.71. The Kier molecular flexibility index (Phi) is 5.67. The van der Waals surface area contributed by atoms with E-state index in [2.05, 4.69) is 15.2 Å². The van der Waals surface area contributed by atoms with Gasteiger partial charge >= 0.3 is 6.61 Å². The number of nitrogens with zero attached hydrogens (tertiary/aromatic N) is 2. The summed E-state index contributed by atoms with van der Waals surface area (Å²) in [4.78, 5) is 12.1. The maximum Gasteiger partial charge on any atom is 0.387 e. The average Bonchev–Trinajstić information content (AvgIpc) is 2.96. The molecule has 0 radical (unpaired) electrons. The molecule has 0 saturated heterocycles. The SMILES string of the molecule is CCC(C)n1nccc1NC(=O)Cc1ccc(OC(F)F)cc1. The van der Waals surface area contributed by atoms with Crippen molar-refractivity contribution in [1.82, 2.24) is 9.78 Å². The number of alkyl halides is 2. The number of hydrogen-bond acceptors (Lipinski definition) is 3. The fourth-order valence-corrected chi connectivity index (χ4v) is 2.10. The van der Waals surface area contributed by atoms with Gasteiger partial charge in [0.1, 0.15) is 11.6 Å². The predicted molar refractivity (Wildman–Crippen MR) is 82.6 cm³/mol. The summed E-state index contributed by atoms with van der Waals surface area (Å²) in [6, 6.07) is 7.93. The highest BCUT2D eigenvalue weighted by Gasteiger charge is 2.12. The Morgan fingerprint density at radius 3 is 2.61 bits per heavy atom. The Morgan fingerprint density at radius 2 is 2.00 bits per heavy atom. The van der Waals surface area contributed by atoms with Crippen molar-refractivity contribution in [2.45, 2.75) is 39.3 Å². The predicted octanol–water partition coefficient (Wildman–Crippen LogP) is 3.64. The quantitative estimate of drug-likeness (QED) is 0.846. The highest BCUT2D eigenvalue weighted by atomic mass is 19.3. The monoisotopic (exact) mass is 323 g/mol. The van der Waals surface area contributed by atoms with Crippen LogP contribution in [0, 0.1) is 0 Å². The zero-order valence-corrected chi connectivity index (χ0v) is 13.0.